The fraction of sp³-hybridized carbons (Fsp3) is 0.636. The van der Waals surface area contributed by atoms with Crippen molar-refractivity contribution in [3.05, 3.63) is 12.2 Å². The third-order valence-corrected chi connectivity index (χ3v) is 2.21. The van der Waals surface area contributed by atoms with Crippen LogP contribution >= 0.6 is 0 Å². The highest BCUT2D eigenvalue weighted by molar-refractivity contribution is 5.92. The molecule has 0 saturated heterocycles. The van der Waals surface area contributed by atoms with Gasteiger partial charge in [-0.3, -0.25) is 9.59 Å². The number of carbonyl (C=O) groups is 2. The van der Waals surface area contributed by atoms with E-state index in [0.29, 0.717) is 19.4 Å². The Labute approximate surface area is 84.1 Å². The second-order valence-electron chi connectivity index (χ2n) is 3.57. The summed E-state index contributed by atoms with van der Waals surface area (Å²) in [6, 6.07) is 0. The summed E-state index contributed by atoms with van der Waals surface area (Å²) in [5, 5.41) is 0. The van der Waals surface area contributed by atoms with E-state index in [-0.39, 0.29) is 17.7 Å². The molecule has 0 N–H and O–H groups in total. The van der Waals surface area contributed by atoms with Gasteiger partial charge in [-0.2, -0.15) is 0 Å². The van der Waals surface area contributed by atoms with Crippen LogP contribution in [0, 0.1) is 5.92 Å². The third kappa shape index (κ3) is 3.73. The number of esters is 1. The van der Waals surface area contributed by atoms with Gasteiger partial charge in [-0.05, 0) is 18.4 Å². The fourth-order valence-corrected chi connectivity index (χ4v) is 1.38. The lowest BCUT2D eigenvalue weighted by atomic mass is 10.1. The van der Waals surface area contributed by atoms with Crippen molar-refractivity contribution in [3.63, 3.8) is 0 Å². The van der Waals surface area contributed by atoms with Gasteiger partial charge in [0.15, 0.2) is 5.78 Å². The van der Waals surface area contributed by atoms with Gasteiger partial charge in [0.1, 0.15) is 0 Å². The van der Waals surface area contributed by atoms with Crippen LogP contribution in [0.1, 0.15) is 32.6 Å². The van der Waals surface area contributed by atoms with E-state index in [1.165, 1.54) is 0 Å². The molecule has 1 rings (SSSR count). The van der Waals surface area contributed by atoms with Crippen LogP contribution in [0.15, 0.2) is 12.2 Å². The van der Waals surface area contributed by atoms with E-state index in [4.69, 9.17) is 4.74 Å². The molecule has 0 aromatic rings. The monoisotopic (exact) mass is 196 g/mol. The molecule has 14 heavy (non-hydrogen) atoms. The predicted octanol–water partition coefficient (Wildman–Crippen LogP) is 1.86. The molecule has 0 aliphatic heterocycles. The van der Waals surface area contributed by atoms with Crippen molar-refractivity contribution < 1.29 is 14.3 Å². The number of rotatable bonds is 5. The van der Waals surface area contributed by atoms with E-state index < -0.39 is 0 Å². The zero-order chi connectivity index (χ0) is 10.4. The van der Waals surface area contributed by atoms with Crippen LogP contribution in [0.3, 0.4) is 0 Å². The van der Waals surface area contributed by atoms with E-state index in [1.54, 1.807) is 12.2 Å². The maximum absolute atomic E-state index is 11.2. The Morgan fingerprint density at radius 1 is 1.64 bits per heavy atom. The summed E-state index contributed by atoms with van der Waals surface area (Å²) in [6.45, 7) is 2.55. The minimum Gasteiger partial charge on any atom is -0.466 e. The van der Waals surface area contributed by atoms with Crippen LogP contribution in [0.25, 0.3) is 0 Å². The molecule has 0 fully saturated rings. The second kappa shape index (κ2) is 5.58. The molecule has 1 aliphatic rings. The lowest BCUT2D eigenvalue weighted by Gasteiger charge is -2.06. The highest BCUT2D eigenvalue weighted by atomic mass is 16.5. The molecule has 1 atom stereocenters. The van der Waals surface area contributed by atoms with Crippen LogP contribution in [0.4, 0.5) is 0 Å². The van der Waals surface area contributed by atoms with Gasteiger partial charge >= 0.3 is 5.97 Å². The van der Waals surface area contributed by atoms with Crippen LogP contribution in [0.2, 0.25) is 0 Å². The molecule has 0 amide bonds. The summed E-state index contributed by atoms with van der Waals surface area (Å²) in [5.41, 5.74) is 0. The smallest absolute Gasteiger partial charge is 0.306 e. The Morgan fingerprint density at radius 3 is 3.00 bits per heavy atom. The van der Waals surface area contributed by atoms with Crippen molar-refractivity contribution in [1.82, 2.24) is 0 Å². The van der Waals surface area contributed by atoms with Crippen LogP contribution in [-0.2, 0) is 14.3 Å². The van der Waals surface area contributed by atoms with E-state index in [9.17, 15) is 9.59 Å². The van der Waals surface area contributed by atoms with Gasteiger partial charge in [0, 0.05) is 6.42 Å². The first kappa shape index (κ1) is 11.0. The maximum Gasteiger partial charge on any atom is 0.306 e. The van der Waals surface area contributed by atoms with Crippen molar-refractivity contribution in [1.29, 1.82) is 0 Å². The highest BCUT2D eigenvalue weighted by Gasteiger charge is 2.19. The summed E-state index contributed by atoms with van der Waals surface area (Å²) in [7, 11) is 0. The van der Waals surface area contributed by atoms with E-state index in [2.05, 4.69) is 0 Å². The summed E-state index contributed by atoms with van der Waals surface area (Å²) in [6.07, 6.45) is 6.07. The number of unbranched alkanes of at least 4 members (excludes halogenated alkanes) is 1. The molecule has 0 bridgehead atoms. The number of allylic oxidation sites excluding steroid dienone is 2. The zero-order valence-corrected chi connectivity index (χ0v) is 8.49. The first-order chi connectivity index (χ1) is 6.72. The van der Waals surface area contributed by atoms with Crippen LogP contribution in [0.5, 0.6) is 0 Å². The summed E-state index contributed by atoms with van der Waals surface area (Å²) in [4.78, 5) is 22.1. The van der Waals surface area contributed by atoms with E-state index in [1.807, 2.05) is 6.92 Å². The summed E-state index contributed by atoms with van der Waals surface area (Å²) in [5.74, 6) is -0.0178. The molecule has 3 nitrogen and oxygen atoms in total. The largest absolute Gasteiger partial charge is 0.466 e. The molecule has 0 saturated carbocycles. The quantitative estimate of drug-likeness (QED) is 0.498. The predicted molar refractivity (Wildman–Crippen MR) is 52.7 cm³/mol. The van der Waals surface area contributed by atoms with Crippen molar-refractivity contribution in [3.8, 4) is 0 Å². The molecule has 78 valence electrons. The van der Waals surface area contributed by atoms with Gasteiger partial charge in [-0.1, -0.05) is 19.4 Å². The number of hydrogen-bond donors (Lipinski definition) is 0. The van der Waals surface area contributed by atoms with Gasteiger partial charge in [0.2, 0.25) is 0 Å². The third-order valence-electron chi connectivity index (χ3n) is 2.21. The molecule has 0 aromatic heterocycles. The Morgan fingerprint density at radius 2 is 2.43 bits per heavy atom. The first-order valence-electron chi connectivity index (χ1n) is 5.09. The van der Waals surface area contributed by atoms with Crippen LogP contribution in [-0.4, -0.2) is 18.4 Å². The molecule has 0 heterocycles. The molecule has 1 aliphatic carbocycles. The minimum atomic E-state index is -0.192. The lowest BCUT2D eigenvalue weighted by molar-refractivity contribution is -0.144. The molecule has 0 aromatic carbocycles. The average molecular weight is 196 g/mol. The topological polar surface area (TPSA) is 43.4 Å². The SMILES string of the molecule is CCCCOC(=O)CC1C=CC(=O)C1. The molecule has 1 unspecified atom stereocenters. The molecular weight excluding hydrogens is 180 g/mol. The standard InChI is InChI=1S/C11H16O3/c1-2-3-6-14-11(13)8-9-4-5-10(12)7-9/h4-5,9H,2-3,6-8H2,1H3. The Kier molecular flexibility index (Phi) is 4.36. The number of hydrogen-bond acceptors (Lipinski definition) is 3. The minimum absolute atomic E-state index is 0.0663. The van der Waals surface area contributed by atoms with Crippen molar-refractivity contribution in [2.75, 3.05) is 6.61 Å². The van der Waals surface area contributed by atoms with Gasteiger partial charge < -0.3 is 4.74 Å². The molecule has 0 radical (unpaired) electrons. The normalized spacial score (nSPS) is 20.1. The van der Waals surface area contributed by atoms with Crippen molar-refractivity contribution in [2.45, 2.75) is 32.6 Å². The molecular formula is C11H16O3. The van der Waals surface area contributed by atoms with Gasteiger partial charge in [-0.25, -0.2) is 0 Å². The second-order valence-corrected chi connectivity index (χ2v) is 3.57. The Bertz CT molecular complexity index is 243. The van der Waals surface area contributed by atoms with Crippen LogP contribution < -0.4 is 0 Å². The van der Waals surface area contributed by atoms with Crippen molar-refractivity contribution >= 4 is 11.8 Å². The average Bonchev–Trinajstić information content (AvgIpc) is 2.52. The summed E-state index contributed by atoms with van der Waals surface area (Å²) >= 11 is 0. The highest BCUT2D eigenvalue weighted by Crippen LogP contribution is 2.18. The first-order valence-corrected chi connectivity index (χ1v) is 5.09. The summed E-state index contributed by atoms with van der Waals surface area (Å²) < 4.78 is 5.00. The van der Waals surface area contributed by atoms with Gasteiger partial charge in [0.05, 0.1) is 13.0 Å². The fourth-order valence-electron chi connectivity index (χ4n) is 1.38. The van der Waals surface area contributed by atoms with E-state index >= 15 is 0 Å². The lowest BCUT2D eigenvalue weighted by Crippen LogP contribution is -2.10. The Hall–Kier alpha value is -1.12. The number of ether oxygens (including phenoxy) is 1. The number of ketones is 1. The van der Waals surface area contributed by atoms with Gasteiger partial charge in [0.25, 0.3) is 0 Å². The van der Waals surface area contributed by atoms with E-state index in [0.717, 1.165) is 12.8 Å². The molecule has 3 heteroatoms. The molecule has 0 spiro atoms. The van der Waals surface area contributed by atoms with Gasteiger partial charge in [-0.15, -0.1) is 0 Å². The Balaban J connectivity index is 2.14. The van der Waals surface area contributed by atoms with Crippen molar-refractivity contribution in [2.24, 2.45) is 5.92 Å². The maximum atomic E-state index is 11.2. The zero-order valence-electron chi connectivity index (χ0n) is 8.49. The number of carbonyl (C=O) groups excluding carboxylic acids is 2.